The van der Waals surface area contributed by atoms with Crippen LogP contribution in [0.25, 0.3) is 0 Å². The van der Waals surface area contributed by atoms with Gasteiger partial charge in [0.25, 0.3) is 0 Å². The Balaban J connectivity index is 1.51. The molecule has 1 N–H and O–H groups in total. The minimum atomic E-state index is -3.31. The van der Waals surface area contributed by atoms with E-state index < -0.39 is 10.0 Å². The normalized spacial score (nSPS) is 17.8. The highest BCUT2D eigenvalue weighted by atomic mass is 35.5. The number of anilines is 1. The molecule has 1 aliphatic rings. The van der Waals surface area contributed by atoms with E-state index in [-0.39, 0.29) is 5.75 Å². The van der Waals surface area contributed by atoms with Gasteiger partial charge in [0.15, 0.2) is 0 Å². The van der Waals surface area contributed by atoms with E-state index in [2.05, 4.69) is 9.62 Å². The molecular weight excluding hydrogens is 356 g/mol. The zero-order valence-corrected chi connectivity index (χ0v) is 15.9. The fourth-order valence-corrected chi connectivity index (χ4v) is 4.43. The summed E-state index contributed by atoms with van der Waals surface area (Å²) in [4.78, 5) is 2.27. The van der Waals surface area contributed by atoms with E-state index in [9.17, 15) is 8.42 Å². The zero-order chi connectivity index (χ0) is 17.9. The molecule has 0 aliphatic carbocycles. The van der Waals surface area contributed by atoms with Crippen molar-refractivity contribution in [3.8, 4) is 0 Å². The minimum Gasteiger partial charge on any atom is -0.371 e. The van der Waals surface area contributed by atoms with E-state index in [0.717, 1.165) is 41.3 Å². The van der Waals surface area contributed by atoms with Crippen LogP contribution in [0.1, 0.15) is 17.5 Å². The third-order valence-electron chi connectivity index (χ3n) is 4.55. The number of sulfonamides is 1. The highest BCUT2D eigenvalue weighted by Gasteiger charge is 2.24. The number of hydrogen-bond acceptors (Lipinski definition) is 3. The number of rotatable bonds is 6. The van der Waals surface area contributed by atoms with Crippen molar-refractivity contribution in [1.29, 1.82) is 0 Å². The summed E-state index contributed by atoms with van der Waals surface area (Å²) in [7, 11) is -3.31. The van der Waals surface area contributed by atoms with E-state index in [4.69, 9.17) is 11.6 Å². The Hall–Kier alpha value is -1.56. The Kier molecular flexibility index (Phi) is 5.67. The van der Waals surface area contributed by atoms with Crippen LogP contribution in [-0.2, 0) is 15.8 Å². The van der Waals surface area contributed by atoms with Crippen molar-refractivity contribution >= 4 is 27.3 Å². The summed E-state index contributed by atoms with van der Waals surface area (Å²) in [5, 5.41) is 0.725. The molecule has 6 heteroatoms. The number of benzene rings is 2. The molecule has 0 amide bonds. The largest absolute Gasteiger partial charge is 0.371 e. The molecule has 4 nitrogen and oxygen atoms in total. The highest BCUT2D eigenvalue weighted by Crippen LogP contribution is 2.25. The van der Waals surface area contributed by atoms with E-state index in [0.29, 0.717) is 12.5 Å². The Morgan fingerprint density at radius 2 is 1.80 bits per heavy atom. The van der Waals surface area contributed by atoms with Crippen LogP contribution in [0.4, 0.5) is 5.69 Å². The molecule has 2 aromatic rings. The lowest BCUT2D eigenvalue weighted by Gasteiger charge is -2.19. The van der Waals surface area contributed by atoms with Crippen LogP contribution in [0.3, 0.4) is 0 Å². The summed E-state index contributed by atoms with van der Waals surface area (Å²) >= 11 is 5.93. The van der Waals surface area contributed by atoms with Crippen LogP contribution in [0.15, 0.2) is 48.5 Å². The van der Waals surface area contributed by atoms with Crippen LogP contribution in [0.5, 0.6) is 0 Å². The molecule has 1 atom stereocenters. The molecule has 3 rings (SSSR count). The smallest absolute Gasteiger partial charge is 0.215 e. The van der Waals surface area contributed by atoms with Crippen molar-refractivity contribution in [1.82, 2.24) is 4.72 Å². The molecule has 1 fully saturated rings. The number of nitrogens with one attached hydrogen (secondary N) is 1. The average Bonchev–Trinajstić information content (AvgIpc) is 3.05. The van der Waals surface area contributed by atoms with Crippen molar-refractivity contribution in [2.45, 2.75) is 19.1 Å². The van der Waals surface area contributed by atoms with Crippen LogP contribution < -0.4 is 9.62 Å². The summed E-state index contributed by atoms with van der Waals surface area (Å²) in [6.07, 6.45) is 0.982. The number of aryl methyl sites for hydroxylation is 1. The fraction of sp³-hybridized carbons (Fsp3) is 0.368. The molecular formula is C19H23ClN2O2S. The van der Waals surface area contributed by atoms with E-state index in [1.54, 1.807) is 0 Å². The van der Waals surface area contributed by atoms with E-state index >= 15 is 0 Å². The van der Waals surface area contributed by atoms with Gasteiger partial charge in [-0.15, -0.1) is 0 Å². The first-order valence-corrected chi connectivity index (χ1v) is 10.5. The van der Waals surface area contributed by atoms with Crippen LogP contribution in [0, 0.1) is 12.8 Å². The van der Waals surface area contributed by atoms with Gasteiger partial charge in [0.2, 0.25) is 10.0 Å². The van der Waals surface area contributed by atoms with Gasteiger partial charge in [0.1, 0.15) is 0 Å². The van der Waals surface area contributed by atoms with Gasteiger partial charge in [0.05, 0.1) is 5.75 Å². The third kappa shape index (κ3) is 5.21. The van der Waals surface area contributed by atoms with Gasteiger partial charge >= 0.3 is 0 Å². The Morgan fingerprint density at radius 3 is 2.48 bits per heavy atom. The predicted molar refractivity (Wildman–Crippen MR) is 104 cm³/mol. The summed E-state index contributed by atoms with van der Waals surface area (Å²) in [6.45, 7) is 4.27. The van der Waals surface area contributed by atoms with Gasteiger partial charge in [-0.25, -0.2) is 13.1 Å². The maximum atomic E-state index is 12.3. The number of hydrogen-bond donors (Lipinski definition) is 1. The van der Waals surface area contributed by atoms with Gasteiger partial charge < -0.3 is 4.90 Å². The second-order valence-corrected chi connectivity index (χ2v) is 8.91. The van der Waals surface area contributed by atoms with Crippen LogP contribution >= 0.6 is 11.6 Å². The van der Waals surface area contributed by atoms with Crippen molar-refractivity contribution in [3.63, 3.8) is 0 Å². The lowest BCUT2D eigenvalue weighted by molar-refractivity contribution is 0.541. The highest BCUT2D eigenvalue weighted by molar-refractivity contribution is 7.88. The Labute approximate surface area is 154 Å². The maximum absolute atomic E-state index is 12.3. The van der Waals surface area contributed by atoms with Crippen molar-refractivity contribution in [2.24, 2.45) is 5.92 Å². The third-order valence-corrected chi connectivity index (χ3v) is 6.12. The van der Waals surface area contributed by atoms with Gasteiger partial charge in [-0.3, -0.25) is 0 Å². The van der Waals surface area contributed by atoms with Crippen molar-refractivity contribution in [3.05, 3.63) is 64.7 Å². The van der Waals surface area contributed by atoms with Gasteiger partial charge in [-0.1, -0.05) is 41.4 Å². The van der Waals surface area contributed by atoms with E-state index in [1.165, 1.54) is 0 Å². The maximum Gasteiger partial charge on any atom is 0.215 e. The summed E-state index contributed by atoms with van der Waals surface area (Å²) in [5.41, 5.74) is 3.07. The molecule has 1 unspecified atom stereocenters. The predicted octanol–water partition coefficient (Wildman–Crippen LogP) is 3.59. The topological polar surface area (TPSA) is 49.4 Å². The lowest BCUT2D eigenvalue weighted by Crippen LogP contribution is -2.31. The molecule has 0 radical (unpaired) electrons. The van der Waals surface area contributed by atoms with Crippen molar-refractivity contribution < 1.29 is 8.42 Å². The standard InChI is InChI=1S/C19H23ClN2O2S/c1-15-2-4-16(5-3-15)14-25(23,24)21-12-17-10-11-22(13-17)19-8-6-18(20)7-9-19/h2-9,17,21H,10-14H2,1H3. The average molecular weight is 379 g/mol. The molecule has 1 heterocycles. The summed E-state index contributed by atoms with van der Waals surface area (Å²) in [6, 6.07) is 15.4. The van der Waals surface area contributed by atoms with Crippen molar-refractivity contribution in [2.75, 3.05) is 24.5 Å². The SMILES string of the molecule is Cc1ccc(CS(=O)(=O)NCC2CCN(c3ccc(Cl)cc3)C2)cc1. The Morgan fingerprint density at radius 1 is 1.12 bits per heavy atom. The summed E-state index contributed by atoms with van der Waals surface area (Å²) < 4.78 is 27.4. The number of halogens is 1. The molecule has 0 spiro atoms. The zero-order valence-electron chi connectivity index (χ0n) is 14.3. The molecule has 2 aromatic carbocycles. The van der Waals surface area contributed by atoms with Gasteiger partial charge in [-0.2, -0.15) is 0 Å². The molecule has 0 aromatic heterocycles. The minimum absolute atomic E-state index is 0.0287. The van der Waals surface area contributed by atoms with Gasteiger partial charge in [0, 0.05) is 30.3 Å². The molecule has 25 heavy (non-hydrogen) atoms. The lowest BCUT2D eigenvalue weighted by atomic mass is 10.1. The first kappa shape index (κ1) is 18.2. The first-order chi connectivity index (χ1) is 11.9. The molecule has 134 valence electrons. The van der Waals surface area contributed by atoms with Crippen LogP contribution in [0.2, 0.25) is 5.02 Å². The van der Waals surface area contributed by atoms with E-state index in [1.807, 2.05) is 55.5 Å². The Bertz CT molecular complexity index is 804. The second-order valence-electron chi connectivity index (χ2n) is 6.67. The first-order valence-electron chi connectivity index (χ1n) is 8.45. The fourth-order valence-electron chi connectivity index (χ4n) is 3.09. The monoisotopic (exact) mass is 378 g/mol. The quantitative estimate of drug-likeness (QED) is 0.835. The molecule has 1 aliphatic heterocycles. The molecule has 1 saturated heterocycles. The summed E-state index contributed by atoms with van der Waals surface area (Å²) in [5.74, 6) is 0.351. The molecule has 0 bridgehead atoms. The number of nitrogens with zero attached hydrogens (tertiary/aromatic N) is 1. The van der Waals surface area contributed by atoms with Gasteiger partial charge in [-0.05, 0) is 49.1 Å². The molecule has 0 saturated carbocycles. The second kappa shape index (κ2) is 7.77. The van der Waals surface area contributed by atoms with Crippen LogP contribution in [-0.4, -0.2) is 28.1 Å².